The first-order chi connectivity index (χ1) is 10.6. The van der Waals surface area contributed by atoms with Crippen LogP contribution in [0.25, 0.3) is 0 Å². The lowest BCUT2D eigenvalue weighted by atomic mass is 9.81. The van der Waals surface area contributed by atoms with E-state index in [4.69, 9.17) is 4.74 Å². The van der Waals surface area contributed by atoms with Crippen molar-refractivity contribution in [2.24, 2.45) is 11.8 Å². The second-order valence-electron chi connectivity index (χ2n) is 7.14. The molecule has 0 aromatic heterocycles. The Balaban J connectivity index is 1.48. The highest BCUT2D eigenvalue weighted by molar-refractivity contribution is 5.85. The first-order valence-electron chi connectivity index (χ1n) is 8.54. The topological polar surface area (TPSA) is 70.1 Å². The van der Waals surface area contributed by atoms with Crippen molar-refractivity contribution in [3.63, 3.8) is 0 Å². The summed E-state index contributed by atoms with van der Waals surface area (Å²) < 4.78 is 5.81. The van der Waals surface area contributed by atoms with E-state index >= 15 is 0 Å². The number of carbonyl (C=O) groups is 2. The van der Waals surface area contributed by atoms with Gasteiger partial charge in [-0.3, -0.25) is 9.59 Å². The molecule has 3 atom stereocenters. The molecule has 4 fully saturated rings. The number of likely N-dealkylation sites (tertiary alicyclic amines) is 2. The fraction of sp³-hybridized carbons (Fsp3) is 0.875. The molecule has 0 aromatic rings. The Kier molecular flexibility index (Phi) is 3.61. The number of hydrogen-bond donors (Lipinski definition) is 1. The third-order valence-electron chi connectivity index (χ3n) is 5.77. The van der Waals surface area contributed by atoms with Gasteiger partial charge < -0.3 is 19.6 Å². The zero-order valence-corrected chi connectivity index (χ0v) is 12.8. The zero-order chi connectivity index (χ0) is 15.3. The molecule has 3 aliphatic heterocycles. The van der Waals surface area contributed by atoms with Crippen LogP contribution in [0.4, 0.5) is 0 Å². The van der Waals surface area contributed by atoms with Crippen LogP contribution >= 0.6 is 0 Å². The minimum absolute atomic E-state index is 0.0572. The molecule has 0 spiro atoms. The molecule has 4 aliphatic rings. The Morgan fingerprint density at radius 3 is 2.50 bits per heavy atom. The number of aliphatic hydroxyl groups is 1. The van der Waals surface area contributed by atoms with Crippen LogP contribution in [0.15, 0.2) is 0 Å². The molecule has 4 rings (SSSR count). The van der Waals surface area contributed by atoms with Gasteiger partial charge in [0.25, 0.3) is 0 Å². The highest BCUT2D eigenvalue weighted by atomic mass is 16.5. The molecule has 1 N–H and O–H groups in total. The Morgan fingerprint density at radius 1 is 1.09 bits per heavy atom. The van der Waals surface area contributed by atoms with Crippen LogP contribution in [0.5, 0.6) is 0 Å². The van der Waals surface area contributed by atoms with Crippen molar-refractivity contribution >= 4 is 11.8 Å². The highest BCUT2D eigenvalue weighted by Crippen LogP contribution is 2.38. The van der Waals surface area contributed by atoms with Crippen LogP contribution in [-0.2, 0) is 14.3 Å². The largest absolute Gasteiger partial charge is 0.393 e. The maximum Gasteiger partial charge on any atom is 0.230 e. The van der Waals surface area contributed by atoms with Crippen molar-refractivity contribution in [2.45, 2.75) is 50.4 Å². The van der Waals surface area contributed by atoms with E-state index in [0.29, 0.717) is 26.0 Å². The van der Waals surface area contributed by atoms with E-state index in [0.717, 1.165) is 32.4 Å². The average Bonchev–Trinajstić information content (AvgIpc) is 3.17. The normalized spacial score (nSPS) is 40.7. The first kappa shape index (κ1) is 14.5. The van der Waals surface area contributed by atoms with E-state index in [1.54, 1.807) is 0 Å². The van der Waals surface area contributed by atoms with Crippen molar-refractivity contribution < 1.29 is 19.4 Å². The minimum atomic E-state index is -0.325. The van der Waals surface area contributed by atoms with Crippen LogP contribution in [0, 0.1) is 11.8 Å². The predicted molar refractivity (Wildman–Crippen MR) is 77.9 cm³/mol. The highest BCUT2D eigenvalue weighted by Gasteiger charge is 2.53. The lowest BCUT2D eigenvalue weighted by molar-refractivity contribution is -0.143. The first-order valence-corrected chi connectivity index (χ1v) is 8.54. The average molecular weight is 308 g/mol. The molecule has 1 aliphatic carbocycles. The monoisotopic (exact) mass is 308 g/mol. The molecule has 2 amide bonds. The number of hydrogen-bond acceptors (Lipinski definition) is 4. The SMILES string of the molecule is O=C(C1CN(C(=O)C2CC(O)C2)C2CCOC12)N1CCCC1. The Hall–Kier alpha value is -1.14. The van der Waals surface area contributed by atoms with Gasteiger partial charge in [0.15, 0.2) is 0 Å². The van der Waals surface area contributed by atoms with Crippen LogP contribution < -0.4 is 0 Å². The van der Waals surface area contributed by atoms with Gasteiger partial charge in [-0.25, -0.2) is 0 Å². The van der Waals surface area contributed by atoms with E-state index < -0.39 is 0 Å². The number of ether oxygens (including phenoxy) is 1. The maximum atomic E-state index is 12.7. The molecule has 6 nitrogen and oxygen atoms in total. The predicted octanol–water partition coefficient (Wildman–Crippen LogP) is -0.00440. The van der Waals surface area contributed by atoms with Gasteiger partial charge in [0.2, 0.25) is 11.8 Å². The third kappa shape index (κ3) is 2.24. The van der Waals surface area contributed by atoms with E-state index in [9.17, 15) is 14.7 Å². The smallest absolute Gasteiger partial charge is 0.230 e. The third-order valence-corrected chi connectivity index (χ3v) is 5.77. The molecule has 1 saturated carbocycles. The van der Waals surface area contributed by atoms with Crippen molar-refractivity contribution in [2.75, 3.05) is 26.2 Å². The lowest BCUT2D eigenvalue weighted by Crippen LogP contribution is -2.46. The van der Waals surface area contributed by atoms with Gasteiger partial charge in [0, 0.05) is 32.2 Å². The fourth-order valence-corrected chi connectivity index (χ4v) is 4.44. The molecule has 3 saturated heterocycles. The van der Waals surface area contributed by atoms with Crippen LogP contribution in [0.2, 0.25) is 0 Å². The summed E-state index contributed by atoms with van der Waals surface area (Å²) in [6.07, 6.45) is 3.68. The Labute approximate surface area is 130 Å². The Morgan fingerprint density at radius 2 is 1.82 bits per heavy atom. The summed E-state index contributed by atoms with van der Waals surface area (Å²) in [5.74, 6) is 0.0253. The van der Waals surface area contributed by atoms with Gasteiger partial charge >= 0.3 is 0 Å². The summed E-state index contributed by atoms with van der Waals surface area (Å²) in [5, 5.41) is 9.43. The summed E-state index contributed by atoms with van der Waals surface area (Å²) in [7, 11) is 0. The zero-order valence-electron chi connectivity index (χ0n) is 12.8. The fourth-order valence-electron chi connectivity index (χ4n) is 4.44. The number of fused-ring (bicyclic) bond motifs is 1. The quantitative estimate of drug-likeness (QED) is 0.779. The van der Waals surface area contributed by atoms with E-state index in [1.165, 1.54) is 0 Å². The van der Waals surface area contributed by atoms with Gasteiger partial charge in [-0.2, -0.15) is 0 Å². The van der Waals surface area contributed by atoms with Crippen molar-refractivity contribution in [3.05, 3.63) is 0 Å². The van der Waals surface area contributed by atoms with Crippen molar-refractivity contribution in [3.8, 4) is 0 Å². The van der Waals surface area contributed by atoms with E-state index in [1.807, 2.05) is 9.80 Å². The lowest BCUT2D eigenvalue weighted by Gasteiger charge is -2.35. The van der Waals surface area contributed by atoms with Gasteiger partial charge in [-0.1, -0.05) is 0 Å². The number of amides is 2. The minimum Gasteiger partial charge on any atom is -0.393 e. The van der Waals surface area contributed by atoms with E-state index in [2.05, 4.69) is 0 Å². The summed E-state index contributed by atoms with van der Waals surface area (Å²) >= 11 is 0. The van der Waals surface area contributed by atoms with Crippen molar-refractivity contribution in [1.29, 1.82) is 0 Å². The molecule has 0 radical (unpaired) electrons. The molecule has 0 aromatic carbocycles. The second-order valence-corrected chi connectivity index (χ2v) is 7.14. The second kappa shape index (κ2) is 5.49. The molecule has 6 heteroatoms. The van der Waals surface area contributed by atoms with Gasteiger partial charge in [0.05, 0.1) is 24.2 Å². The summed E-state index contributed by atoms with van der Waals surface area (Å²) in [4.78, 5) is 29.2. The van der Waals surface area contributed by atoms with Gasteiger partial charge in [-0.15, -0.1) is 0 Å². The molecule has 0 bridgehead atoms. The van der Waals surface area contributed by atoms with Gasteiger partial charge in [-0.05, 0) is 32.1 Å². The van der Waals surface area contributed by atoms with Crippen LogP contribution in [0.1, 0.15) is 32.1 Å². The molecular weight excluding hydrogens is 284 g/mol. The van der Waals surface area contributed by atoms with Crippen molar-refractivity contribution in [1.82, 2.24) is 9.80 Å². The number of carbonyl (C=O) groups excluding carboxylic acids is 2. The molecule has 122 valence electrons. The molecule has 3 unspecified atom stereocenters. The Bertz CT molecular complexity index is 471. The molecular formula is C16H24N2O4. The summed E-state index contributed by atoms with van der Waals surface area (Å²) in [6, 6.07) is 0.0572. The summed E-state index contributed by atoms with van der Waals surface area (Å²) in [6.45, 7) is 2.82. The maximum absolute atomic E-state index is 12.7. The van der Waals surface area contributed by atoms with Gasteiger partial charge in [0.1, 0.15) is 0 Å². The van der Waals surface area contributed by atoms with E-state index in [-0.39, 0.29) is 41.9 Å². The number of rotatable bonds is 2. The van der Waals surface area contributed by atoms with Crippen LogP contribution in [-0.4, -0.2) is 71.2 Å². The number of nitrogens with zero attached hydrogens (tertiary/aromatic N) is 2. The molecule has 22 heavy (non-hydrogen) atoms. The number of aliphatic hydroxyl groups excluding tert-OH is 1. The van der Waals surface area contributed by atoms with Crippen LogP contribution in [0.3, 0.4) is 0 Å². The molecule has 3 heterocycles. The standard InChI is InChI=1S/C16H24N2O4/c19-11-7-10(8-11)15(20)18-9-12(14-13(18)3-6-22-14)16(21)17-4-1-2-5-17/h10-14,19H,1-9H2. The summed E-state index contributed by atoms with van der Waals surface area (Å²) in [5.41, 5.74) is 0.